The van der Waals surface area contributed by atoms with Gasteiger partial charge in [0.25, 0.3) is 0 Å². The number of nitrogens with zero attached hydrogens (tertiary/aromatic N) is 4. The number of aryl methyl sites for hydroxylation is 2. The Bertz CT molecular complexity index is 752. The summed E-state index contributed by atoms with van der Waals surface area (Å²) in [4.78, 5) is 18.0. The van der Waals surface area contributed by atoms with Crippen LogP contribution >= 0.6 is 24.0 Å². The number of carbonyl (C=O) groups excluding carboxylic acids is 1. The fourth-order valence-electron chi connectivity index (χ4n) is 2.46. The first kappa shape index (κ1) is 23.0. The van der Waals surface area contributed by atoms with Crippen LogP contribution in [0.2, 0.25) is 0 Å². The normalized spacial score (nSPS) is 11.1. The molecule has 0 fully saturated rings. The van der Waals surface area contributed by atoms with Gasteiger partial charge in [0, 0.05) is 45.4 Å². The molecule has 0 bridgehead atoms. The van der Waals surface area contributed by atoms with Crippen LogP contribution in [0.4, 0.5) is 0 Å². The lowest BCUT2D eigenvalue weighted by molar-refractivity contribution is -0.127. The van der Waals surface area contributed by atoms with Crippen LogP contribution in [-0.4, -0.2) is 53.7 Å². The van der Waals surface area contributed by atoms with Gasteiger partial charge >= 0.3 is 0 Å². The highest BCUT2D eigenvalue weighted by Gasteiger charge is 2.10. The molecule has 2 rings (SSSR count). The number of rotatable bonds is 7. The summed E-state index contributed by atoms with van der Waals surface area (Å²) in [7, 11) is 5.38. The number of hydrogen-bond donors (Lipinski definition) is 2. The molecule has 27 heavy (non-hydrogen) atoms. The van der Waals surface area contributed by atoms with Crippen LogP contribution in [0, 0.1) is 13.8 Å². The van der Waals surface area contributed by atoms with Gasteiger partial charge < -0.3 is 20.0 Å². The summed E-state index contributed by atoms with van der Waals surface area (Å²) < 4.78 is 7.19. The second kappa shape index (κ2) is 11.0. The molecule has 0 saturated carbocycles. The van der Waals surface area contributed by atoms with E-state index < -0.39 is 0 Å². The number of nitrogens with one attached hydrogen (secondary N) is 2. The van der Waals surface area contributed by atoms with E-state index in [1.807, 2.05) is 37.7 Å². The lowest BCUT2D eigenvalue weighted by atomic mass is 10.2. The highest BCUT2D eigenvalue weighted by molar-refractivity contribution is 14.0. The van der Waals surface area contributed by atoms with Crippen molar-refractivity contribution in [3.05, 3.63) is 41.1 Å². The van der Waals surface area contributed by atoms with Gasteiger partial charge in [-0.1, -0.05) is 0 Å². The summed E-state index contributed by atoms with van der Waals surface area (Å²) in [5, 5.41) is 10.8. The maximum atomic E-state index is 11.8. The van der Waals surface area contributed by atoms with Gasteiger partial charge in [-0.05, 0) is 26.0 Å². The first-order valence-electron chi connectivity index (χ1n) is 8.62. The zero-order chi connectivity index (χ0) is 19.1. The molecule has 0 radical (unpaired) electrons. The molecule has 1 amide bonds. The van der Waals surface area contributed by atoms with Crippen molar-refractivity contribution >= 4 is 35.8 Å². The molecular formula is C18H29IN6O2. The molecule has 0 aliphatic carbocycles. The molecule has 0 spiro atoms. The summed E-state index contributed by atoms with van der Waals surface area (Å²) >= 11 is 0. The van der Waals surface area contributed by atoms with E-state index in [0.29, 0.717) is 19.0 Å². The molecule has 2 heterocycles. The van der Waals surface area contributed by atoms with Gasteiger partial charge in [-0.15, -0.1) is 24.0 Å². The molecule has 0 aliphatic heterocycles. The maximum Gasteiger partial charge on any atom is 0.241 e. The second-order valence-electron chi connectivity index (χ2n) is 6.34. The van der Waals surface area contributed by atoms with Gasteiger partial charge in [0.1, 0.15) is 5.76 Å². The quantitative estimate of drug-likeness (QED) is 0.352. The largest absolute Gasteiger partial charge is 0.469 e. The number of likely N-dealkylation sites (N-methyl/N-ethyl adjacent to an activating group) is 1. The van der Waals surface area contributed by atoms with Crippen LogP contribution in [0.15, 0.2) is 27.8 Å². The number of aliphatic imine (C=N–C) groups is 1. The van der Waals surface area contributed by atoms with Crippen LogP contribution in [0.1, 0.15) is 22.7 Å². The third kappa shape index (κ3) is 6.89. The molecule has 0 saturated heterocycles. The third-order valence-electron chi connectivity index (χ3n) is 4.20. The fourth-order valence-corrected chi connectivity index (χ4v) is 2.46. The molecule has 8 nitrogen and oxygen atoms in total. The van der Waals surface area contributed by atoms with E-state index in [-0.39, 0.29) is 36.4 Å². The van der Waals surface area contributed by atoms with Gasteiger partial charge in [0.05, 0.1) is 25.0 Å². The third-order valence-corrected chi connectivity index (χ3v) is 4.20. The predicted molar refractivity (Wildman–Crippen MR) is 116 cm³/mol. The first-order chi connectivity index (χ1) is 12.4. The number of hydrogen-bond acceptors (Lipinski definition) is 4. The Hall–Kier alpha value is -2.04. The van der Waals surface area contributed by atoms with E-state index in [2.05, 4.69) is 20.7 Å². The summed E-state index contributed by atoms with van der Waals surface area (Å²) in [6.45, 7) is 5.34. The molecule has 2 N–H and O–H groups in total. The Kier molecular flexibility index (Phi) is 9.33. The lowest BCUT2D eigenvalue weighted by Gasteiger charge is -2.15. The second-order valence-corrected chi connectivity index (χ2v) is 6.34. The van der Waals surface area contributed by atoms with Crippen molar-refractivity contribution in [3.63, 3.8) is 0 Å². The molecule has 0 aliphatic rings. The first-order valence-corrected chi connectivity index (χ1v) is 8.62. The number of furan rings is 1. The summed E-state index contributed by atoms with van der Waals surface area (Å²) in [6, 6.07) is 3.80. The van der Waals surface area contributed by atoms with Crippen molar-refractivity contribution in [1.82, 2.24) is 25.3 Å². The van der Waals surface area contributed by atoms with E-state index >= 15 is 0 Å². The van der Waals surface area contributed by atoms with Crippen LogP contribution in [0.3, 0.4) is 0 Å². The number of halogens is 1. The van der Waals surface area contributed by atoms with Gasteiger partial charge in [-0.3, -0.25) is 9.48 Å². The number of aromatic nitrogens is 2. The Labute approximate surface area is 177 Å². The minimum Gasteiger partial charge on any atom is -0.469 e. The van der Waals surface area contributed by atoms with Crippen molar-refractivity contribution in [3.8, 4) is 0 Å². The topological polar surface area (TPSA) is 87.7 Å². The molecular weight excluding hydrogens is 459 g/mol. The zero-order valence-electron chi connectivity index (χ0n) is 16.6. The van der Waals surface area contributed by atoms with E-state index in [1.54, 1.807) is 25.3 Å². The highest BCUT2D eigenvalue weighted by atomic mass is 127. The smallest absolute Gasteiger partial charge is 0.241 e. The van der Waals surface area contributed by atoms with Crippen LogP contribution in [-0.2, 0) is 24.8 Å². The number of amides is 1. The number of carbonyl (C=O) groups is 1. The molecule has 2 aromatic rings. The Morgan fingerprint density at radius 1 is 1.33 bits per heavy atom. The van der Waals surface area contributed by atoms with E-state index in [0.717, 1.165) is 29.1 Å². The molecule has 0 atom stereocenters. The lowest BCUT2D eigenvalue weighted by Crippen LogP contribution is -2.43. The fraction of sp³-hybridized carbons (Fsp3) is 0.500. The molecule has 0 unspecified atom stereocenters. The Morgan fingerprint density at radius 2 is 2.07 bits per heavy atom. The summed E-state index contributed by atoms with van der Waals surface area (Å²) in [5.74, 6) is 1.48. The summed E-state index contributed by atoms with van der Waals surface area (Å²) in [5.41, 5.74) is 3.15. The molecule has 0 aromatic carbocycles. The van der Waals surface area contributed by atoms with Crippen LogP contribution in [0.25, 0.3) is 0 Å². The van der Waals surface area contributed by atoms with Crippen molar-refractivity contribution < 1.29 is 9.21 Å². The monoisotopic (exact) mass is 488 g/mol. The van der Waals surface area contributed by atoms with Crippen LogP contribution < -0.4 is 10.6 Å². The zero-order valence-corrected chi connectivity index (χ0v) is 18.9. The van der Waals surface area contributed by atoms with E-state index in [1.165, 1.54) is 0 Å². The van der Waals surface area contributed by atoms with Gasteiger partial charge in [0.2, 0.25) is 5.91 Å². The Balaban J connectivity index is 0.00000364. The van der Waals surface area contributed by atoms with Crippen molar-refractivity contribution in [1.29, 1.82) is 0 Å². The summed E-state index contributed by atoms with van der Waals surface area (Å²) in [6.07, 6.45) is 2.40. The van der Waals surface area contributed by atoms with Gasteiger partial charge in [-0.25, -0.2) is 4.99 Å². The average Bonchev–Trinajstić information content (AvgIpc) is 3.19. The van der Waals surface area contributed by atoms with Gasteiger partial charge in [-0.2, -0.15) is 5.10 Å². The van der Waals surface area contributed by atoms with Gasteiger partial charge in [0.15, 0.2) is 5.96 Å². The molecule has 9 heteroatoms. The van der Waals surface area contributed by atoms with E-state index in [9.17, 15) is 4.79 Å². The molecule has 2 aromatic heterocycles. The average molecular weight is 488 g/mol. The highest BCUT2D eigenvalue weighted by Crippen LogP contribution is 2.12. The standard InChI is InChI=1S/C18H28N6O2.HI/c1-13-16(14(2)24(5)22-13)11-20-18(21-12-17(25)23(3)4)19-9-8-15-7-6-10-26-15;/h6-7,10H,8-9,11-12H2,1-5H3,(H2,19,20,21);1H. The van der Waals surface area contributed by atoms with E-state index in [4.69, 9.17) is 4.42 Å². The van der Waals surface area contributed by atoms with Crippen LogP contribution in [0.5, 0.6) is 0 Å². The minimum absolute atomic E-state index is 0. The molecule has 150 valence electrons. The number of guanidine groups is 1. The SMILES string of the molecule is Cc1nn(C)c(C)c1CN=C(NCCc1ccco1)NCC(=O)N(C)C.I. The Morgan fingerprint density at radius 3 is 2.63 bits per heavy atom. The minimum atomic E-state index is -0.0146. The van der Waals surface area contributed by atoms with Crippen molar-refractivity contribution in [2.75, 3.05) is 27.2 Å². The maximum absolute atomic E-state index is 11.8. The van der Waals surface area contributed by atoms with Crippen molar-refractivity contribution in [2.45, 2.75) is 26.8 Å². The predicted octanol–water partition coefficient (Wildman–Crippen LogP) is 1.61. The van der Waals surface area contributed by atoms with Crippen molar-refractivity contribution in [2.24, 2.45) is 12.0 Å².